The molecule has 4 nitrogen and oxygen atoms in total. The number of aromatic amines is 1. The zero-order valence-electron chi connectivity index (χ0n) is 7.66. The second-order valence-corrected chi connectivity index (χ2v) is 3.21. The number of hydroxylamine groups is 1. The van der Waals surface area contributed by atoms with E-state index in [0.29, 0.717) is 5.69 Å². The molecule has 1 heterocycles. The zero-order valence-corrected chi connectivity index (χ0v) is 7.66. The Hall–Kier alpha value is -1.81. The van der Waals surface area contributed by atoms with Crippen molar-refractivity contribution in [3.05, 3.63) is 35.5 Å². The number of fused-ring (bicyclic) bond motifs is 1. The van der Waals surface area contributed by atoms with Crippen LogP contribution in [0, 0.1) is 6.92 Å². The Bertz CT molecular complexity index is 488. The second-order valence-electron chi connectivity index (χ2n) is 3.21. The molecule has 2 aromatic rings. The smallest absolute Gasteiger partial charge is 0.291 e. The molecule has 2 rings (SSSR count). The van der Waals surface area contributed by atoms with Crippen LogP contribution in [0.3, 0.4) is 0 Å². The molecule has 1 aromatic heterocycles. The van der Waals surface area contributed by atoms with Crippen molar-refractivity contribution in [2.45, 2.75) is 6.92 Å². The summed E-state index contributed by atoms with van der Waals surface area (Å²) in [6, 6.07) is 7.53. The molecule has 14 heavy (non-hydrogen) atoms. The van der Waals surface area contributed by atoms with Crippen LogP contribution >= 0.6 is 0 Å². The van der Waals surface area contributed by atoms with Gasteiger partial charge in [0.25, 0.3) is 5.91 Å². The number of hydrogen-bond donors (Lipinski definition) is 3. The van der Waals surface area contributed by atoms with E-state index in [2.05, 4.69) is 4.98 Å². The highest BCUT2D eigenvalue weighted by molar-refractivity contribution is 5.97. The van der Waals surface area contributed by atoms with Gasteiger partial charge in [0.15, 0.2) is 0 Å². The monoisotopic (exact) mass is 190 g/mol. The third kappa shape index (κ3) is 1.36. The summed E-state index contributed by atoms with van der Waals surface area (Å²) in [5.41, 5.74) is 3.96. The van der Waals surface area contributed by atoms with Gasteiger partial charge in [-0.25, -0.2) is 5.48 Å². The van der Waals surface area contributed by atoms with Gasteiger partial charge in [0, 0.05) is 10.9 Å². The third-order valence-electron chi connectivity index (χ3n) is 2.12. The average Bonchev–Trinajstić information content (AvgIpc) is 2.59. The van der Waals surface area contributed by atoms with Gasteiger partial charge < -0.3 is 4.98 Å². The Labute approximate surface area is 80.5 Å². The van der Waals surface area contributed by atoms with E-state index in [-0.39, 0.29) is 0 Å². The predicted octanol–water partition coefficient (Wildman–Crippen LogP) is 1.60. The van der Waals surface area contributed by atoms with Gasteiger partial charge in [0.05, 0.1) is 0 Å². The normalized spacial score (nSPS) is 10.4. The first kappa shape index (κ1) is 8.77. The van der Waals surface area contributed by atoms with Crippen molar-refractivity contribution >= 4 is 16.8 Å². The molecule has 0 fully saturated rings. The summed E-state index contributed by atoms with van der Waals surface area (Å²) in [4.78, 5) is 14.0. The molecule has 0 aliphatic rings. The quantitative estimate of drug-likeness (QED) is 0.472. The van der Waals surface area contributed by atoms with E-state index < -0.39 is 5.91 Å². The molecule has 1 aromatic carbocycles. The fraction of sp³-hybridized carbons (Fsp3) is 0.100. The maximum atomic E-state index is 11.1. The minimum atomic E-state index is -0.529. The number of aromatic nitrogens is 1. The fourth-order valence-electron chi connectivity index (χ4n) is 1.43. The highest BCUT2D eigenvalue weighted by Gasteiger charge is 2.07. The lowest BCUT2D eigenvalue weighted by Crippen LogP contribution is -2.18. The van der Waals surface area contributed by atoms with Crippen LogP contribution in [0.1, 0.15) is 16.1 Å². The summed E-state index contributed by atoms with van der Waals surface area (Å²) < 4.78 is 0. The third-order valence-corrected chi connectivity index (χ3v) is 2.12. The Morgan fingerprint density at radius 1 is 1.43 bits per heavy atom. The van der Waals surface area contributed by atoms with E-state index in [1.165, 1.54) is 0 Å². The van der Waals surface area contributed by atoms with E-state index in [4.69, 9.17) is 5.21 Å². The first-order valence-electron chi connectivity index (χ1n) is 4.24. The summed E-state index contributed by atoms with van der Waals surface area (Å²) in [6.07, 6.45) is 0. The number of amides is 1. The Kier molecular flexibility index (Phi) is 1.98. The summed E-state index contributed by atoms with van der Waals surface area (Å²) >= 11 is 0. The molecule has 0 bridgehead atoms. The fourth-order valence-corrected chi connectivity index (χ4v) is 1.43. The first-order valence-corrected chi connectivity index (χ1v) is 4.24. The molecule has 72 valence electrons. The van der Waals surface area contributed by atoms with Crippen LogP contribution in [0.25, 0.3) is 10.9 Å². The maximum Gasteiger partial charge on any atom is 0.291 e. The molecule has 0 saturated heterocycles. The number of carbonyl (C=O) groups excluding carboxylic acids is 1. The number of carbonyl (C=O) groups is 1. The number of aryl methyl sites for hydroxylation is 1. The number of H-pyrrole nitrogens is 1. The Morgan fingerprint density at radius 3 is 2.93 bits per heavy atom. The highest BCUT2D eigenvalue weighted by atomic mass is 16.5. The largest absolute Gasteiger partial charge is 0.350 e. The summed E-state index contributed by atoms with van der Waals surface area (Å²) in [5.74, 6) is -0.529. The molecule has 4 heteroatoms. The molecular weight excluding hydrogens is 180 g/mol. The van der Waals surface area contributed by atoms with Crippen LogP contribution in [0.15, 0.2) is 24.3 Å². The van der Waals surface area contributed by atoms with E-state index in [0.717, 1.165) is 16.5 Å². The van der Waals surface area contributed by atoms with Crippen molar-refractivity contribution in [1.29, 1.82) is 0 Å². The standard InChI is InChI=1S/C10H10N2O2/c1-6-2-3-8-7(4-6)5-9(11-8)10(13)12-14/h2-5,11,14H,1H3,(H,12,13). The summed E-state index contributed by atoms with van der Waals surface area (Å²) in [6.45, 7) is 1.98. The molecule has 0 aliphatic carbocycles. The van der Waals surface area contributed by atoms with E-state index in [1.807, 2.05) is 25.1 Å². The van der Waals surface area contributed by atoms with E-state index in [9.17, 15) is 4.79 Å². The number of nitrogens with one attached hydrogen (secondary N) is 2. The molecule has 0 unspecified atom stereocenters. The number of hydrogen-bond acceptors (Lipinski definition) is 2. The Morgan fingerprint density at radius 2 is 2.21 bits per heavy atom. The first-order chi connectivity index (χ1) is 6.70. The lowest BCUT2D eigenvalue weighted by molar-refractivity contribution is 0.0701. The van der Waals surface area contributed by atoms with Gasteiger partial charge in [0.2, 0.25) is 0 Å². The lowest BCUT2D eigenvalue weighted by Gasteiger charge is -1.91. The molecule has 1 amide bonds. The molecule has 0 saturated carbocycles. The minimum Gasteiger partial charge on any atom is -0.350 e. The molecule has 0 atom stereocenters. The van der Waals surface area contributed by atoms with Crippen molar-refractivity contribution in [1.82, 2.24) is 10.5 Å². The number of rotatable bonds is 1. The van der Waals surface area contributed by atoms with E-state index >= 15 is 0 Å². The van der Waals surface area contributed by atoms with Crippen LogP contribution in [-0.4, -0.2) is 16.1 Å². The highest BCUT2D eigenvalue weighted by Crippen LogP contribution is 2.16. The van der Waals surface area contributed by atoms with Crippen LogP contribution < -0.4 is 5.48 Å². The maximum absolute atomic E-state index is 11.1. The minimum absolute atomic E-state index is 0.355. The van der Waals surface area contributed by atoms with Crippen molar-refractivity contribution in [3.63, 3.8) is 0 Å². The van der Waals surface area contributed by atoms with Gasteiger partial charge in [-0.05, 0) is 25.1 Å². The van der Waals surface area contributed by atoms with Gasteiger partial charge in [0.1, 0.15) is 5.69 Å². The topological polar surface area (TPSA) is 65.1 Å². The van der Waals surface area contributed by atoms with Gasteiger partial charge in [-0.3, -0.25) is 10.0 Å². The van der Waals surface area contributed by atoms with Gasteiger partial charge in [-0.1, -0.05) is 11.6 Å². The average molecular weight is 190 g/mol. The van der Waals surface area contributed by atoms with Crippen LogP contribution in [-0.2, 0) is 0 Å². The van der Waals surface area contributed by atoms with Crippen molar-refractivity contribution in [3.8, 4) is 0 Å². The van der Waals surface area contributed by atoms with Gasteiger partial charge in [-0.15, -0.1) is 0 Å². The predicted molar refractivity (Wildman–Crippen MR) is 52.3 cm³/mol. The SMILES string of the molecule is Cc1ccc2[nH]c(C(=O)NO)cc2c1. The van der Waals surface area contributed by atoms with E-state index in [1.54, 1.807) is 11.5 Å². The van der Waals surface area contributed by atoms with Crippen molar-refractivity contribution in [2.75, 3.05) is 0 Å². The molecule has 0 radical (unpaired) electrons. The van der Waals surface area contributed by atoms with Crippen LogP contribution in [0.4, 0.5) is 0 Å². The second kappa shape index (κ2) is 3.16. The molecule has 0 spiro atoms. The summed E-state index contributed by atoms with van der Waals surface area (Å²) in [5, 5.41) is 9.41. The van der Waals surface area contributed by atoms with Crippen molar-refractivity contribution in [2.24, 2.45) is 0 Å². The molecule has 3 N–H and O–H groups in total. The molecular formula is C10H10N2O2. The molecule has 0 aliphatic heterocycles. The zero-order chi connectivity index (χ0) is 10.1. The van der Waals surface area contributed by atoms with Crippen molar-refractivity contribution < 1.29 is 10.0 Å². The lowest BCUT2D eigenvalue weighted by atomic mass is 10.2. The van der Waals surface area contributed by atoms with Crippen LogP contribution in [0.2, 0.25) is 0 Å². The Balaban J connectivity index is 2.56. The number of benzene rings is 1. The van der Waals surface area contributed by atoms with Gasteiger partial charge in [-0.2, -0.15) is 0 Å². The van der Waals surface area contributed by atoms with Crippen LogP contribution in [0.5, 0.6) is 0 Å². The van der Waals surface area contributed by atoms with Gasteiger partial charge >= 0.3 is 0 Å². The summed E-state index contributed by atoms with van der Waals surface area (Å²) in [7, 11) is 0.